The van der Waals surface area contributed by atoms with Gasteiger partial charge in [-0.25, -0.2) is 4.79 Å². The predicted octanol–water partition coefficient (Wildman–Crippen LogP) is 5.86. The number of nitrogens with zero attached hydrogens (tertiary/aromatic N) is 1. The molecule has 0 atom stereocenters. The van der Waals surface area contributed by atoms with Crippen molar-refractivity contribution in [3.63, 3.8) is 0 Å². The second-order valence-electron chi connectivity index (χ2n) is 12.3. The van der Waals surface area contributed by atoms with Gasteiger partial charge in [-0.3, -0.25) is 33.7 Å². The molecule has 2 N–H and O–H groups in total. The molecule has 4 amide bonds. The summed E-state index contributed by atoms with van der Waals surface area (Å²) >= 11 is 0. The zero-order valence-electron chi connectivity index (χ0n) is 27.4. The number of unbranched alkanes of at least 4 members (excludes halogenated alkanes) is 2. The minimum absolute atomic E-state index is 0.0401. The van der Waals surface area contributed by atoms with Gasteiger partial charge in [0.15, 0.2) is 16.9 Å². The minimum atomic E-state index is -1.25. The Hall–Kier alpha value is -5.65. The zero-order valence-corrected chi connectivity index (χ0v) is 27.4. The van der Waals surface area contributed by atoms with Crippen LogP contribution in [0.5, 0.6) is 0 Å². The van der Waals surface area contributed by atoms with Crippen LogP contribution in [0.25, 0.3) is 21.9 Å². The van der Waals surface area contributed by atoms with Gasteiger partial charge in [0.25, 0.3) is 11.8 Å². The van der Waals surface area contributed by atoms with Crippen molar-refractivity contribution in [1.29, 1.82) is 0 Å². The van der Waals surface area contributed by atoms with Crippen LogP contribution in [-0.2, 0) is 14.3 Å². The lowest BCUT2D eigenvalue weighted by molar-refractivity contribution is -0.124. The fraction of sp³-hybridized carbons (Fsp3) is 0.324. The molecule has 1 aromatic heterocycles. The first-order chi connectivity index (χ1) is 23.6. The van der Waals surface area contributed by atoms with E-state index in [2.05, 4.69) is 10.6 Å². The van der Waals surface area contributed by atoms with Crippen molar-refractivity contribution in [2.75, 3.05) is 23.8 Å². The Morgan fingerprint density at radius 3 is 2.10 bits per heavy atom. The summed E-state index contributed by atoms with van der Waals surface area (Å²) in [6.45, 7) is 4.98. The van der Waals surface area contributed by atoms with Crippen molar-refractivity contribution in [1.82, 2.24) is 4.90 Å². The first-order valence-electron chi connectivity index (χ1n) is 16.4. The molecule has 0 aliphatic carbocycles. The molecule has 2 aliphatic rings. The van der Waals surface area contributed by atoms with E-state index in [1.54, 1.807) is 19.1 Å². The van der Waals surface area contributed by atoms with E-state index >= 15 is 0 Å². The number of imide groups is 1. The number of benzene rings is 3. The molecule has 0 saturated carbocycles. The molecule has 49 heavy (non-hydrogen) atoms. The molecule has 3 aromatic carbocycles. The Balaban J connectivity index is 1.46. The molecule has 0 radical (unpaired) electrons. The fourth-order valence-corrected chi connectivity index (χ4v) is 6.61. The van der Waals surface area contributed by atoms with Gasteiger partial charge < -0.3 is 19.8 Å². The van der Waals surface area contributed by atoms with Crippen LogP contribution in [0.1, 0.15) is 101 Å². The van der Waals surface area contributed by atoms with Crippen LogP contribution >= 0.6 is 0 Å². The lowest BCUT2D eigenvalue weighted by Crippen LogP contribution is -2.47. The van der Waals surface area contributed by atoms with E-state index in [-0.39, 0.29) is 68.0 Å². The molecule has 0 saturated heterocycles. The van der Waals surface area contributed by atoms with E-state index in [0.717, 1.165) is 17.7 Å². The van der Waals surface area contributed by atoms with Crippen molar-refractivity contribution in [3.8, 4) is 0 Å². The number of carbonyl (C=O) groups is 6. The summed E-state index contributed by atoms with van der Waals surface area (Å²) in [7, 11) is 0. The third-order valence-electron chi connectivity index (χ3n) is 9.17. The molecule has 12 heteroatoms. The summed E-state index contributed by atoms with van der Waals surface area (Å²) in [5.74, 6) is -3.66. The average molecular weight is 666 g/mol. The largest absolute Gasteiger partial charge is 0.462 e. The molecule has 0 fully saturated rings. The quantitative estimate of drug-likeness (QED) is 0.0863. The molecule has 0 unspecified atom stereocenters. The third-order valence-corrected chi connectivity index (χ3v) is 9.17. The highest BCUT2D eigenvalue weighted by Crippen LogP contribution is 2.44. The maximum absolute atomic E-state index is 14.1. The summed E-state index contributed by atoms with van der Waals surface area (Å²) in [6.07, 6.45) is 3.72. The second kappa shape index (κ2) is 13.1. The molecular weight excluding hydrogens is 630 g/mol. The molecule has 3 heterocycles. The van der Waals surface area contributed by atoms with Crippen molar-refractivity contribution in [2.24, 2.45) is 5.41 Å². The number of nitrogens with one attached hydrogen (secondary N) is 2. The summed E-state index contributed by atoms with van der Waals surface area (Å²) in [5.41, 5.74) is -1.64. The lowest BCUT2D eigenvalue weighted by Gasteiger charge is -2.35. The molecular formula is C37H35N3O9. The Bertz CT molecular complexity index is 2110. The van der Waals surface area contributed by atoms with Gasteiger partial charge in [0.1, 0.15) is 12.0 Å². The topological polar surface area (TPSA) is 169 Å². The van der Waals surface area contributed by atoms with Gasteiger partial charge in [0.05, 0.1) is 45.4 Å². The van der Waals surface area contributed by atoms with Gasteiger partial charge in [0.2, 0.25) is 17.2 Å². The highest BCUT2D eigenvalue weighted by Gasteiger charge is 2.49. The van der Waals surface area contributed by atoms with Crippen molar-refractivity contribution >= 4 is 68.7 Å². The molecule has 0 bridgehead atoms. The van der Waals surface area contributed by atoms with Gasteiger partial charge in [-0.2, -0.15) is 0 Å². The monoisotopic (exact) mass is 665 g/mol. The van der Waals surface area contributed by atoms with Crippen molar-refractivity contribution in [3.05, 3.63) is 81.0 Å². The van der Waals surface area contributed by atoms with E-state index in [9.17, 15) is 33.6 Å². The predicted molar refractivity (Wildman–Crippen MR) is 181 cm³/mol. The number of Topliss-reactive ketones (excluding diaryl/α,β-unsaturated/α-hetero) is 1. The van der Waals surface area contributed by atoms with Crippen molar-refractivity contribution < 1.29 is 37.9 Å². The number of hydrogen-bond acceptors (Lipinski definition) is 9. The Morgan fingerprint density at radius 1 is 0.837 bits per heavy atom. The number of carbonyl (C=O) groups excluding carboxylic acids is 6. The molecule has 0 spiro atoms. The summed E-state index contributed by atoms with van der Waals surface area (Å²) < 4.78 is 11.4. The van der Waals surface area contributed by atoms with E-state index in [1.165, 1.54) is 36.4 Å². The molecule has 2 aliphatic heterocycles. The molecule has 252 valence electrons. The molecule has 6 rings (SSSR count). The second-order valence-corrected chi connectivity index (χ2v) is 12.3. The number of hydrogen-bond donors (Lipinski definition) is 2. The number of esters is 1. The van der Waals surface area contributed by atoms with E-state index in [1.807, 2.05) is 13.8 Å². The van der Waals surface area contributed by atoms with Crippen molar-refractivity contribution in [2.45, 2.75) is 59.3 Å². The zero-order chi connectivity index (χ0) is 35.0. The third kappa shape index (κ3) is 5.56. The number of amides is 4. The highest BCUT2D eigenvalue weighted by atomic mass is 16.5. The van der Waals surface area contributed by atoms with Gasteiger partial charge in [-0.05, 0) is 56.2 Å². The van der Waals surface area contributed by atoms with Crippen LogP contribution in [0.3, 0.4) is 0 Å². The fourth-order valence-electron chi connectivity index (χ4n) is 6.61. The van der Waals surface area contributed by atoms with Crippen LogP contribution in [0, 0.1) is 5.41 Å². The first kappa shape index (κ1) is 33.3. The van der Waals surface area contributed by atoms with Gasteiger partial charge in [-0.15, -0.1) is 0 Å². The number of ether oxygens (including phenoxy) is 1. The minimum Gasteiger partial charge on any atom is -0.462 e. The van der Waals surface area contributed by atoms with E-state index in [0.29, 0.717) is 25.7 Å². The maximum Gasteiger partial charge on any atom is 0.338 e. The maximum atomic E-state index is 14.1. The molecule has 12 nitrogen and oxygen atoms in total. The van der Waals surface area contributed by atoms with Crippen LogP contribution < -0.4 is 16.1 Å². The van der Waals surface area contributed by atoms with E-state index < -0.39 is 47.0 Å². The summed E-state index contributed by atoms with van der Waals surface area (Å²) in [5, 5.41) is 5.42. The number of anilines is 2. The van der Waals surface area contributed by atoms with Gasteiger partial charge in [0, 0.05) is 5.56 Å². The normalized spacial score (nSPS) is 15.0. The molecule has 4 aromatic rings. The van der Waals surface area contributed by atoms with Crippen LogP contribution in [0.15, 0.2) is 57.7 Å². The van der Waals surface area contributed by atoms with Gasteiger partial charge >= 0.3 is 5.97 Å². The average Bonchev–Trinajstić information content (AvgIpc) is 3.33. The number of fused-ring (bicyclic) bond motifs is 5. The van der Waals surface area contributed by atoms with Gasteiger partial charge in [-0.1, -0.05) is 51.7 Å². The van der Waals surface area contributed by atoms with Crippen LogP contribution in [0.4, 0.5) is 11.4 Å². The van der Waals surface area contributed by atoms with Crippen LogP contribution in [-0.4, -0.2) is 53.4 Å². The number of rotatable bonds is 11. The Labute approximate surface area is 280 Å². The Kier molecular flexibility index (Phi) is 8.89. The smallest absolute Gasteiger partial charge is 0.338 e. The summed E-state index contributed by atoms with van der Waals surface area (Å²) in [4.78, 5) is 94.7. The standard InChI is InChI=1S/C37H35N3O9/c1-4-7-15-37(16-8-5-2)32(43)23-13-14-24-29(42)25-17-20(35(46)48-6-3)18-26(30(25)49-31(24)28(23)39-36(37)47)38-27(41)19-40-33(44)21-11-9-10-12-22(21)34(40)45/h9-14,17-18H,4-8,15-16,19H2,1-3H3,(H,38,41)(H,39,47). The SMILES string of the molecule is CCCCC1(CCCC)C(=O)Nc2c(ccc3c(=O)c4cc(C(=O)OCC)cc(NC(=O)CN5C(=O)c6ccccc6C5=O)c4oc23)C1=O. The Morgan fingerprint density at radius 2 is 1.49 bits per heavy atom. The highest BCUT2D eigenvalue weighted by molar-refractivity contribution is 6.27. The number of ketones is 1. The first-order valence-corrected chi connectivity index (χ1v) is 16.4. The van der Waals surface area contributed by atoms with E-state index in [4.69, 9.17) is 9.15 Å². The van der Waals surface area contributed by atoms with Crippen LogP contribution in [0.2, 0.25) is 0 Å². The summed E-state index contributed by atoms with van der Waals surface area (Å²) in [6, 6.07) is 11.7. The lowest BCUT2D eigenvalue weighted by atomic mass is 9.69.